The van der Waals surface area contributed by atoms with E-state index >= 15 is 0 Å². The first-order valence-corrected chi connectivity index (χ1v) is 8.44. The first-order chi connectivity index (χ1) is 12.0. The lowest BCUT2D eigenvalue weighted by Crippen LogP contribution is -2.36. The molecule has 25 heavy (non-hydrogen) atoms. The predicted molar refractivity (Wildman–Crippen MR) is 99.5 cm³/mol. The molecule has 2 aromatic heterocycles. The number of imidazole rings is 1. The van der Waals surface area contributed by atoms with E-state index in [1.807, 2.05) is 68.0 Å². The van der Waals surface area contributed by atoms with Crippen LogP contribution in [0.4, 0.5) is 0 Å². The summed E-state index contributed by atoms with van der Waals surface area (Å²) in [7, 11) is 6.00. The summed E-state index contributed by atoms with van der Waals surface area (Å²) in [6.45, 7) is 3.95. The van der Waals surface area contributed by atoms with Gasteiger partial charge >= 0.3 is 0 Å². The minimum Gasteiger partial charge on any atom is -0.350 e. The Kier molecular flexibility index (Phi) is 4.90. The first-order valence-electron chi connectivity index (χ1n) is 8.44. The summed E-state index contributed by atoms with van der Waals surface area (Å²) in [5.41, 5.74) is 3.72. The van der Waals surface area contributed by atoms with Crippen LogP contribution in [0, 0.1) is 6.92 Å². The zero-order valence-electron chi connectivity index (χ0n) is 15.3. The number of benzene rings is 1. The highest BCUT2D eigenvalue weighted by molar-refractivity contribution is 6.06. The normalized spacial score (nSPS) is 11.4. The van der Waals surface area contributed by atoms with E-state index in [1.54, 1.807) is 6.33 Å². The summed E-state index contributed by atoms with van der Waals surface area (Å²) < 4.78 is 2.01. The van der Waals surface area contributed by atoms with Gasteiger partial charge in [0.05, 0.1) is 24.1 Å². The van der Waals surface area contributed by atoms with E-state index in [1.165, 1.54) is 0 Å². The van der Waals surface area contributed by atoms with Crippen LogP contribution in [-0.2, 0) is 13.6 Å². The molecule has 2 heterocycles. The molecule has 0 bridgehead atoms. The summed E-state index contributed by atoms with van der Waals surface area (Å²) in [5, 5.41) is 0.989. The third kappa shape index (κ3) is 3.58. The van der Waals surface area contributed by atoms with Crippen molar-refractivity contribution in [2.75, 3.05) is 27.2 Å². The fourth-order valence-corrected chi connectivity index (χ4v) is 2.98. The van der Waals surface area contributed by atoms with E-state index < -0.39 is 0 Å². The SMILES string of the molecule is Cc1[nH]cnc1CN(CCN(C)C)C(=O)c1cn(C)c2ccccc12. The van der Waals surface area contributed by atoms with Crippen LogP contribution in [0.3, 0.4) is 0 Å². The number of rotatable bonds is 6. The number of aromatic amines is 1. The lowest BCUT2D eigenvalue weighted by atomic mass is 10.1. The van der Waals surface area contributed by atoms with Gasteiger partial charge in [-0.15, -0.1) is 0 Å². The number of H-pyrrole nitrogens is 1. The van der Waals surface area contributed by atoms with Crippen molar-refractivity contribution in [3.8, 4) is 0 Å². The average Bonchev–Trinajstić information content (AvgIpc) is 3.14. The van der Waals surface area contributed by atoms with Gasteiger partial charge in [0.15, 0.2) is 0 Å². The van der Waals surface area contributed by atoms with Gasteiger partial charge in [-0.3, -0.25) is 4.79 Å². The van der Waals surface area contributed by atoms with Crippen molar-refractivity contribution in [1.82, 2.24) is 24.3 Å². The molecule has 1 aromatic carbocycles. The topological polar surface area (TPSA) is 57.2 Å². The first kappa shape index (κ1) is 17.2. The number of aryl methyl sites for hydroxylation is 2. The Bertz CT molecular complexity index is 877. The largest absolute Gasteiger partial charge is 0.350 e. The molecule has 0 atom stereocenters. The molecule has 0 radical (unpaired) electrons. The number of para-hydroxylation sites is 1. The van der Waals surface area contributed by atoms with E-state index in [9.17, 15) is 4.79 Å². The summed E-state index contributed by atoms with van der Waals surface area (Å²) in [4.78, 5) is 24.7. The van der Waals surface area contributed by atoms with E-state index in [0.29, 0.717) is 13.1 Å². The Labute approximate surface area is 148 Å². The number of hydrogen-bond acceptors (Lipinski definition) is 3. The number of carbonyl (C=O) groups is 1. The van der Waals surface area contributed by atoms with Gasteiger partial charge < -0.3 is 19.4 Å². The minimum absolute atomic E-state index is 0.0426. The number of likely N-dealkylation sites (N-methyl/N-ethyl adjacent to an activating group) is 1. The molecule has 0 aliphatic rings. The highest BCUT2D eigenvalue weighted by Crippen LogP contribution is 2.22. The molecule has 0 aliphatic heterocycles. The van der Waals surface area contributed by atoms with Crippen molar-refractivity contribution in [3.05, 3.63) is 53.7 Å². The zero-order valence-corrected chi connectivity index (χ0v) is 15.3. The van der Waals surface area contributed by atoms with Gasteiger partial charge in [0.2, 0.25) is 0 Å². The quantitative estimate of drug-likeness (QED) is 0.750. The van der Waals surface area contributed by atoms with Crippen molar-refractivity contribution in [2.24, 2.45) is 7.05 Å². The maximum absolute atomic E-state index is 13.3. The molecule has 0 saturated carbocycles. The lowest BCUT2D eigenvalue weighted by molar-refractivity contribution is 0.0731. The predicted octanol–water partition coefficient (Wildman–Crippen LogP) is 2.41. The fourth-order valence-electron chi connectivity index (χ4n) is 2.98. The summed E-state index contributed by atoms with van der Waals surface area (Å²) in [5.74, 6) is 0.0426. The van der Waals surface area contributed by atoms with Crippen LogP contribution >= 0.6 is 0 Å². The van der Waals surface area contributed by atoms with Gasteiger partial charge in [-0.25, -0.2) is 4.98 Å². The second-order valence-corrected chi connectivity index (χ2v) is 6.68. The Morgan fingerprint density at radius 1 is 1.24 bits per heavy atom. The number of carbonyl (C=O) groups excluding carboxylic acids is 1. The number of amides is 1. The number of nitrogens with one attached hydrogen (secondary N) is 1. The highest BCUT2D eigenvalue weighted by atomic mass is 16.2. The van der Waals surface area contributed by atoms with Crippen molar-refractivity contribution >= 4 is 16.8 Å². The summed E-state index contributed by atoms with van der Waals surface area (Å²) in [6, 6.07) is 8.01. The van der Waals surface area contributed by atoms with Crippen LogP contribution in [0.1, 0.15) is 21.7 Å². The fraction of sp³-hybridized carbons (Fsp3) is 0.368. The average molecular weight is 339 g/mol. The molecular formula is C19H25N5O. The van der Waals surface area contributed by atoms with E-state index in [2.05, 4.69) is 14.9 Å². The monoisotopic (exact) mass is 339 g/mol. The number of aromatic nitrogens is 3. The van der Waals surface area contributed by atoms with E-state index in [-0.39, 0.29) is 5.91 Å². The Balaban J connectivity index is 1.93. The summed E-state index contributed by atoms with van der Waals surface area (Å²) in [6.07, 6.45) is 3.60. The van der Waals surface area contributed by atoms with Gasteiger partial charge in [0, 0.05) is 42.9 Å². The van der Waals surface area contributed by atoms with Crippen molar-refractivity contribution < 1.29 is 4.79 Å². The van der Waals surface area contributed by atoms with Gasteiger partial charge in [-0.1, -0.05) is 18.2 Å². The number of hydrogen-bond donors (Lipinski definition) is 1. The molecule has 0 fully saturated rings. The smallest absolute Gasteiger partial charge is 0.256 e. The van der Waals surface area contributed by atoms with Crippen LogP contribution in [0.15, 0.2) is 36.8 Å². The maximum atomic E-state index is 13.3. The van der Waals surface area contributed by atoms with E-state index in [4.69, 9.17) is 0 Å². The maximum Gasteiger partial charge on any atom is 0.256 e. The molecule has 0 spiro atoms. The van der Waals surface area contributed by atoms with Gasteiger partial charge in [-0.2, -0.15) is 0 Å². The molecule has 3 aromatic rings. The Morgan fingerprint density at radius 2 is 2.00 bits per heavy atom. The van der Waals surface area contributed by atoms with Crippen molar-refractivity contribution in [3.63, 3.8) is 0 Å². The summed E-state index contributed by atoms with van der Waals surface area (Å²) >= 11 is 0. The van der Waals surface area contributed by atoms with Gasteiger partial charge in [-0.05, 0) is 27.1 Å². The third-order valence-electron chi connectivity index (χ3n) is 4.51. The number of nitrogens with zero attached hydrogens (tertiary/aromatic N) is 4. The standard InChI is InChI=1S/C19H25N5O/c1-14-17(21-13-20-14)12-24(10-9-22(2)3)19(25)16-11-23(4)18-8-6-5-7-15(16)18/h5-8,11,13H,9-10,12H2,1-4H3,(H,20,21). The second kappa shape index (κ2) is 7.11. The molecule has 3 rings (SSSR count). The Hall–Kier alpha value is -2.60. The van der Waals surface area contributed by atoms with Crippen LogP contribution in [-0.4, -0.2) is 57.4 Å². The molecule has 1 N–H and O–H groups in total. The van der Waals surface area contributed by atoms with Crippen molar-refractivity contribution in [1.29, 1.82) is 0 Å². The molecule has 0 unspecified atom stereocenters. The molecule has 6 heteroatoms. The van der Waals surface area contributed by atoms with Crippen molar-refractivity contribution in [2.45, 2.75) is 13.5 Å². The van der Waals surface area contributed by atoms with Crippen LogP contribution in [0.2, 0.25) is 0 Å². The third-order valence-corrected chi connectivity index (χ3v) is 4.51. The molecular weight excluding hydrogens is 314 g/mol. The minimum atomic E-state index is 0.0426. The van der Waals surface area contributed by atoms with Gasteiger partial charge in [0.1, 0.15) is 0 Å². The van der Waals surface area contributed by atoms with Crippen LogP contribution in [0.25, 0.3) is 10.9 Å². The molecule has 132 valence electrons. The highest BCUT2D eigenvalue weighted by Gasteiger charge is 2.21. The second-order valence-electron chi connectivity index (χ2n) is 6.68. The van der Waals surface area contributed by atoms with E-state index in [0.717, 1.165) is 34.4 Å². The van der Waals surface area contributed by atoms with Crippen LogP contribution in [0.5, 0.6) is 0 Å². The zero-order chi connectivity index (χ0) is 18.0. The lowest BCUT2D eigenvalue weighted by Gasteiger charge is -2.24. The Morgan fingerprint density at radius 3 is 2.68 bits per heavy atom. The molecule has 0 aliphatic carbocycles. The molecule has 1 amide bonds. The molecule has 6 nitrogen and oxygen atoms in total. The van der Waals surface area contributed by atoms with Crippen LogP contribution < -0.4 is 0 Å². The number of fused-ring (bicyclic) bond motifs is 1. The molecule has 0 saturated heterocycles. The van der Waals surface area contributed by atoms with Gasteiger partial charge in [0.25, 0.3) is 5.91 Å².